The Bertz CT molecular complexity index is 526. The van der Waals surface area contributed by atoms with Crippen molar-refractivity contribution in [3.63, 3.8) is 0 Å². The molecule has 0 aromatic carbocycles. The molecule has 0 saturated heterocycles. The van der Waals surface area contributed by atoms with Crippen LogP contribution in [0.15, 0.2) is 12.1 Å². The van der Waals surface area contributed by atoms with Crippen molar-refractivity contribution in [2.24, 2.45) is 5.14 Å². The van der Waals surface area contributed by atoms with Crippen molar-refractivity contribution >= 4 is 21.4 Å². The molecule has 0 aliphatic heterocycles. The van der Waals surface area contributed by atoms with Crippen LogP contribution in [0.4, 0.5) is 13.2 Å². The lowest BCUT2D eigenvalue weighted by atomic mass is 9.95. The van der Waals surface area contributed by atoms with Crippen molar-refractivity contribution in [3.8, 4) is 0 Å². The Kier molecular flexibility index (Phi) is 3.86. The van der Waals surface area contributed by atoms with Crippen LogP contribution in [0, 0.1) is 0 Å². The van der Waals surface area contributed by atoms with Crippen molar-refractivity contribution in [1.82, 2.24) is 0 Å². The van der Waals surface area contributed by atoms with Crippen LogP contribution in [0.25, 0.3) is 0 Å². The Morgan fingerprint density at radius 3 is 2.00 bits per heavy atom. The normalized spacial score (nSPS) is 15.7. The van der Waals surface area contributed by atoms with Gasteiger partial charge in [0.2, 0.25) is 15.3 Å². The minimum Gasteiger partial charge on any atom is -0.228 e. The van der Waals surface area contributed by atoms with Crippen molar-refractivity contribution in [3.05, 3.63) is 21.9 Å². The first kappa shape index (κ1) is 15.5. The number of sulfonamides is 1. The fraction of sp³-hybridized carbons (Fsp3) is 0.600. The smallest absolute Gasteiger partial charge is 0.228 e. The number of halogens is 3. The summed E-state index contributed by atoms with van der Waals surface area (Å²) in [6.45, 7) is 5.51. The summed E-state index contributed by atoms with van der Waals surface area (Å²) in [4.78, 5) is 0.380. The number of primary sulfonamides is 1. The van der Waals surface area contributed by atoms with E-state index >= 15 is 0 Å². The van der Waals surface area contributed by atoms with Crippen molar-refractivity contribution in [2.75, 3.05) is 0 Å². The second-order valence-corrected chi connectivity index (χ2v) is 7.73. The molecule has 18 heavy (non-hydrogen) atoms. The first-order valence-corrected chi connectivity index (χ1v) is 7.44. The third kappa shape index (κ3) is 3.46. The first-order chi connectivity index (χ1) is 7.83. The van der Waals surface area contributed by atoms with Crippen molar-refractivity contribution in [1.29, 1.82) is 0 Å². The number of nitrogens with two attached hydrogens (primary N) is 1. The van der Waals surface area contributed by atoms with Gasteiger partial charge in [0.15, 0.2) is 0 Å². The average Bonchev–Trinajstić information content (AvgIpc) is 2.45. The molecule has 1 atom stereocenters. The fourth-order valence-electron chi connectivity index (χ4n) is 1.41. The van der Waals surface area contributed by atoms with E-state index in [9.17, 15) is 21.6 Å². The van der Waals surface area contributed by atoms with Gasteiger partial charge >= 0.3 is 6.18 Å². The zero-order valence-electron chi connectivity index (χ0n) is 10.1. The Morgan fingerprint density at radius 1 is 1.22 bits per heavy atom. The topological polar surface area (TPSA) is 60.2 Å². The second kappa shape index (κ2) is 4.50. The summed E-state index contributed by atoms with van der Waals surface area (Å²) >= 11 is 0.822. The number of alkyl halides is 3. The Hall–Kier alpha value is -0.600. The molecule has 104 valence electrons. The Balaban J connectivity index is 3.30. The molecular formula is C10H14F3NO2S2. The molecule has 0 bridgehead atoms. The van der Waals surface area contributed by atoms with Gasteiger partial charge in [-0.15, -0.1) is 11.3 Å². The SMILES string of the molecule is CC(C)(C)c1ccc(C(C(F)(F)F)S(N)(=O)=O)s1. The van der Waals surface area contributed by atoms with E-state index in [1.165, 1.54) is 12.1 Å². The molecule has 1 unspecified atom stereocenters. The maximum atomic E-state index is 12.8. The summed E-state index contributed by atoms with van der Waals surface area (Å²) < 4.78 is 60.5. The van der Waals surface area contributed by atoms with Gasteiger partial charge in [0.05, 0.1) is 0 Å². The van der Waals surface area contributed by atoms with E-state index in [1.54, 1.807) is 0 Å². The molecule has 0 saturated carbocycles. The molecule has 2 N–H and O–H groups in total. The zero-order valence-corrected chi connectivity index (χ0v) is 11.7. The van der Waals surface area contributed by atoms with Gasteiger partial charge in [-0.2, -0.15) is 13.2 Å². The summed E-state index contributed by atoms with van der Waals surface area (Å²) in [6, 6.07) is 2.68. The summed E-state index contributed by atoms with van der Waals surface area (Å²) in [7, 11) is -4.72. The molecule has 1 heterocycles. The molecule has 1 aromatic rings. The highest BCUT2D eigenvalue weighted by atomic mass is 32.2. The summed E-state index contributed by atoms with van der Waals surface area (Å²) in [5.74, 6) is 0. The maximum Gasteiger partial charge on any atom is 0.411 e. The molecular weight excluding hydrogens is 287 g/mol. The molecule has 0 amide bonds. The van der Waals surface area contributed by atoms with Crippen LogP contribution >= 0.6 is 11.3 Å². The minimum absolute atomic E-state index is 0.296. The zero-order chi connectivity index (χ0) is 14.4. The number of hydrogen-bond acceptors (Lipinski definition) is 3. The third-order valence-corrected chi connectivity index (χ3v) is 5.15. The predicted octanol–water partition coefficient (Wildman–Crippen LogP) is 2.94. The van der Waals surface area contributed by atoms with Gasteiger partial charge in [0.25, 0.3) is 0 Å². The largest absolute Gasteiger partial charge is 0.411 e. The van der Waals surface area contributed by atoms with Gasteiger partial charge in [-0.05, 0) is 17.5 Å². The lowest BCUT2D eigenvalue weighted by molar-refractivity contribution is -0.130. The van der Waals surface area contributed by atoms with Gasteiger partial charge in [-0.1, -0.05) is 20.8 Å². The van der Waals surface area contributed by atoms with Gasteiger partial charge in [-0.3, -0.25) is 0 Å². The molecule has 0 aliphatic carbocycles. The standard InChI is InChI=1S/C10H14F3NO2S2/c1-9(2,3)7-5-4-6(17-7)8(10(11,12)13)18(14,15)16/h4-5,8H,1-3H3,(H2,14,15,16). The van der Waals surface area contributed by atoms with Crippen LogP contribution < -0.4 is 5.14 Å². The highest BCUT2D eigenvalue weighted by Crippen LogP contribution is 2.42. The van der Waals surface area contributed by atoms with E-state index in [0.29, 0.717) is 4.88 Å². The molecule has 0 radical (unpaired) electrons. The van der Waals surface area contributed by atoms with E-state index in [1.807, 2.05) is 20.8 Å². The van der Waals surface area contributed by atoms with Gasteiger partial charge in [0.1, 0.15) is 0 Å². The number of thiophene rings is 1. The van der Waals surface area contributed by atoms with E-state index < -0.39 is 21.4 Å². The van der Waals surface area contributed by atoms with Crippen molar-refractivity contribution in [2.45, 2.75) is 37.6 Å². The second-order valence-electron chi connectivity index (χ2n) is 4.96. The third-order valence-electron chi connectivity index (χ3n) is 2.25. The lowest BCUT2D eigenvalue weighted by Gasteiger charge is -2.18. The molecule has 8 heteroatoms. The summed E-state index contributed by atoms with van der Waals surface area (Å²) in [5.41, 5.74) is -0.336. The Morgan fingerprint density at radius 2 is 1.72 bits per heavy atom. The van der Waals surface area contributed by atoms with Gasteiger partial charge < -0.3 is 0 Å². The van der Waals surface area contributed by atoms with Crippen LogP contribution in [-0.4, -0.2) is 14.6 Å². The van der Waals surface area contributed by atoms with Crippen molar-refractivity contribution < 1.29 is 21.6 Å². The highest BCUT2D eigenvalue weighted by molar-refractivity contribution is 7.89. The van der Waals surface area contributed by atoms with Crippen LogP contribution in [0.2, 0.25) is 0 Å². The summed E-state index contributed by atoms with van der Waals surface area (Å²) in [5, 5.41) is 2.03. The monoisotopic (exact) mass is 301 g/mol. The van der Waals surface area contributed by atoms with E-state index in [-0.39, 0.29) is 10.3 Å². The first-order valence-electron chi connectivity index (χ1n) is 5.02. The Labute approximate surface area is 108 Å². The lowest BCUT2D eigenvalue weighted by Crippen LogP contribution is -2.32. The fourth-order valence-corrected chi connectivity index (χ4v) is 3.80. The number of rotatable bonds is 2. The molecule has 1 rings (SSSR count). The molecule has 1 aromatic heterocycles. The predicted molar refractivity (Wildman–Crippen MR) is 64.9 cm³/mol. The highest BCUT2D eigenvalue weighted by Gasteiger charge is 2.49. The van der Waals surface area contributed by atoms with Crippen LogP contribution in [0.1, 0.15) is 35.8 Å². The summed E-state index contributed by atoms with van der Waals surface area (Å²) in [6.07, 6.45) is -4.91. The van der Waals surface area contributed by atoms with Crippen LogP contribution in [0.3, 0.4) is 0 Å². The average molecular weight is 301 g/mol. The molecule has 0 aliphatic rings. The van der Waals surface area contributed by atoms with E-state index in [2.05, 4.69) is 5.14 Å². The van der Waals surface area contributed by atoms with E-state index in [0.717, 1.165) is 11.3 Å². The molecule has 3 nitrogen and oxygen atoms in total. The van der Waals surface area contributed by atoms with E-state index in [4.69, 9.17) is 0 Å². The number of hydrogen-bond donors (Lipinski definition) is 1. The molecule has 0 spiro atoms. The van der Waals surface area contributed by atoms with Gasteiger partial charge in [-0.25, -0.2) is 13.6 Å². The van der Waals surface area contributed by atoms with Crippen LogP contribution in [-0.2, 0) is 15.4 Å². The van der Waals surface area contributed by atoms with Crippen LogP contribution in [0.5, 0.6) is 0 Å². The maximum absolute atomic E-state index is 12.8. The van der Waals surface area contributed by atoms with Gasteiger partial charge in [0, 0.05) is 9.75 Å². The molecule has 0 fully saturated rings. The quantitative estimate of drug-likeness (QED) is 0.913. The minimum atomic E-state index is -4.91.